The van der Waals surface area contributed by atoms with Gasteiger partial charge in [0.25, 0.3) is 0 Å². The highest BCUT2D eigenvalue weighted by atomic mass is 19.2. The van der Waals surface area contributed by atoms with Crippen LogP contribution < -0.4 is 4.74 Å². The van der Waals surface area contributed by atoms with E-state index in [9.17, 15) is 46.6 Å². The summed E-state index contributed by atoms with van der Waals surface area (Å²) in [5, 5.41) is 21.9. The summed E-state index contributed by atoms with van der Waals surface area (Å²) in [5.74, 6) is -16.1. The van der Waals surface area contributed by atoms with Crippen molar-refractivity contribution in [2.45, 2.75) is 13.8 Å². The molecule has 2 rings (SSSR count). The molecule has 0 heterocycles. The number of hydrogen-bond donors (Lipinski definition) is 0. The van der Waals surface area contributed by atoms with Crippen LogP contribution in [0.1, 0.15) is 11.1 Å². The number of halogens is 6. The Hall–Kier alpha value is -3.38. The molecule has 0 aliphatic heterocycles. The molecule has 0 aromatic heterocycles. The Labute approximate surface area is 145 Å². The van der Waals surface area contributed by atoms with Crippen LogP contribution in [-0.2, 0) is 0 Å². The van der Waals surface area contributed by atoms with Crippen LogP contribution in [0.3, 0.4) is 0 Å². The van der Waals surface area contributed by atoms with Gasteiger partial charge in [-0.05, 0) is 13.8 Å². The SMILES string of the molecule is Cc1c(F)c(F)c(Oc2c(F)c(F)c(C)c(F)c2[N+](=O)[O-])c([N+](=O)[O-])c1F. The zero-order chi connectivity index (χ0) is 20.8. The monoisotopic (exact) mass is 396 g/mol. The lowest BCUT2D eigenvalue weighted by Crippen LogP contribution is -2.09. The van der Waals surface area contributed by atoms with Gasteiger partial charge in [-0.1, -0.05) is 0 Å². The van der Waals surface area contributed by atoms with E-state index in [0.717, 1.165) is 0 Å². The van der Waals surface area contributed by atoms with Crippen LogP contribution in [0.15, 0.2) is 0 Å². The zero-order valence-corrected chi connectivity index (χ0v) is 13.2. The van der Waals surface area contributed by atoms with Gasteiger partial charge in [0.2, 0.25) is 34.8 Å². The van der Waals surface area contributed by atoms with Crippen LogP contribution in [0.25, 0.3) is 0 Å². The lowest BCUT2D eigenvalue weighted by Gasteiger charge is -2.12. The number of rotatable bonds is 4. The van der Waals surface area contributed by atoms with Crippen LogP contribution in [0, 0.1) is 69.0 Å². The fraction of sp³-hybridized carbons (Fsp3) is 0.143. The van der Waals surface area contributed by atoms with Gasteiger partial charge in [-0.15, -0.1) is 0 Å². The second kappa shape index (κ2) is 6.74. The summed E-state index contributed by atoms with van der Waals surface area (Å²) in [6.07, 6.45) is 0. The smallest absolute Gasteiger partial charge is 0.350 e. The van der Waals surface area contributed by atoms with E-state index in [-0.39, 0.29) is 0 Å². The molecular formula is C14H6F6N2O5. The minimum Gasteiger partial charge on any atom is -0.436 e. The maximum absolute atomic E-state index is 14.0. The maximum Gasteiger partial charge on any atom is 0.350 e. The molecule has 27 heavy (non-hydrogen) atoms. The molecule has 0 spiro atoms. The summed E-state index contributed by atoms with van der Waals surface area (Å²) in [7, 11) is 0. The predicted molar refractivity (Wildman–Crippen MR) is 75.5 cm³/mol. The van der Waals surface area contributed by atoms with E-state index in [4.69, 9.17) is 0 Å². The minimum absolute atomic E-state index is 0.638. The van der Waals surface area contributed by atoms with Gasteiger partial charge in [0.1, 0.15) is 0 Å². The van der Waals surface area contributed by atoms with Crippen molar-refractivity contribution >= 4 is 11.4 Å². The molecule has 0 aliphatic rings. The summed E-state index contributed by atoms with van der Waals surface area (Å²) < 4.78 is 87.6. The van der Waals surface area contributed by atoms with Gasteiger partial charge in [-0.3, -0.25) is 20.2 Å². The standard InChI is InChI=1S/C14H6F6N2O5/c1-3-5(15)9(19)13(11(7(3)17)21(23)24)27-14-10(20)6(16)4(2)8(18)12(14)22(25)26/h1-2H3. The Morgan fingerprint density at radius 2 is 0.926 bits per heavy atom. The van der Waals surface area contributed by atoms with Crippen molar-refractivity contribution in [2.75, 3.05) is 0 Å². The summed E-state index contributed by atoms with van der Waals surface area (Å²) >= 11 is 0. The molecule has 0 saturated heterocycles. The third-order valence-corrected chi connectivity index (χ3v) is 3.52. The summed E-state index contributed by atoms with van der Waals surface area (Å²) in [6.45, 7) is 1.28. The van der Waals surface area contributed by atoms with Crippen molar-refractivity contribution in [3.8, 4) is 11.5 Å². The van der Waals surface area contributed by atoms with Crippen LogP contribution in [0.5, 0.6) is 11.5 Å². The highest BCUT2D eigenvalue weighted by molar-refractivity contribution is 5.58. The predicted octanol–water partition coefficient (Wildman–Crippen LogP) is 4.75. The zero-order valence-electron chi connectivity index (χ0n) is 13.2. The number of hydrogen-bond acceptors (Lipinski definition) is 5. The molecule has 0 fully saturated rings. The average Bonchev–Trinajstić information content (AvgIpc) is 2.59. The van der Waals surface area contributed by atoms with Gasteiger partial charge in [-0.2, -0.15) is 17.6 Å². The Balaban J connectivity index is 2.91. The Bertz CT molecular complexity index is 931. The van der Waals surface area contributed by atoms with Gasteiger partial charge in [0, 0.05) is 11.1 Å². The molecule has 0 saturated carbocycles. The van der Waals surface area contributed by atoms with Crippen molar-refractivity contribution in [1.29, 1.82) is 0 Å². The fourth-order valence-corrected chi connectivity index (χ4v) is 2.10. The quantitative estimate of drug-likeness (QED) is 0.322. The van der Waals surface area contributed by atoms with Gasteiger partial charge in [0.05, 0.1) is 9.85 Å². The molecule has 0 amide bonds. The molecule has 0 atom stereocenters. The third-order valence-electron chi connectivity index (χ3n) is 3.52. The van der Waals surface area contributed by atoms with E-state index in [0.29, 0.717) is 13.8 Å². The lowest BCUT2D eigenvalue weighted by atomic mass is 10.1. The molecule has 144 valence electrons. The summed E-state index contributed by atoms with van der Waals surface area (Å²) in [6, 6.07) is 0. The largest absolute Gasteiger partial charge is 0.436 e. The van der Waals surface area contributed by atoms with Gasteiger partial charge >= 0.3 is 11.4 Å². The van der Waals surface area contributed by atoms with E-state index >= 15 is 0 Å². The van der Waals surface area contributed by atoms with E-state index < -0.39 is 78.8 Å². The summed E-state index contributed by atoms with van der Waals surface area (Å²) in [4.78, 5) is 18.8. The first-order valence-electron chi connectivity index (χ1n) is 6.72. The second-order valence-corrected chi connectivity index (χ2v) is 5.11. The number of nitrogens with zero attached hydrogens (tertiary/aromatic N) is 2. The van der Waals surface area contributed by atoms with Crippen LogP contribution in [0.4, 0.5) is 37.7 Å². The van der Waals surface area contributed by atoms with Gasteiger partial charge in [-0.25, -0.2) is 8.78 Å². The van der Waals surface area contributed by atoms with Crippen molar-refractivity contribution in [3.63, 3.8) is 0 Å². The average molecular weight is 396 g/mol. The molecule has 0 unspecified atom stereocenters. The van der Waals surface area contributed by atoms with Crippen molar-refractivity contribution in [3.05, 3.63) is 66.3 Å². The number of nitro benzene ring substituents is 2. The van der Waals surface area contributed by atoms with E-state index in [1.807, 2.05) is 0 Å². The van der Waals surface area contributed by atoms with Gasteiger partial charge < -0.3 is 4.74 Å². The molecule has 2 aromatic rings. The van der Waals surface area contributed by atoms with Crippen molar-refractivity contribution < 1.29 is 40.9 Å². The van der Waals surface area contributed by atoms with Crippen molar-refractivity contribution in [1.82, 2.24) is 0 Å². The maximum atomic E-state index is 14.0. The Kier molecular flexibility index (Phi) is 4.97. The first-order valence-corrected chi connectivity index (χ1v) is 6.72. The van der Waals surface area contributed by atoms with E-state index in [1.54, 1.807) is 0 Å². The highest BCUT2D eigenvalue weighted by Gasteiger charge is 2.38. The number of ether oxygens (including phenoxy) is 1. The molecule has 13 heteroatoms. The third kappa shape index (κ3) is 3.00. The van der Waals surface area contributed by atoms with E-state index in [2.05, 4.69) is 4.74 Å². The van der Waals surface area contributed by atoms with Crippen LogP contribution in [0.2, 0.25) is 0 Å². The van der Waals surface area contributed by atoms with Crippen molar-refractivity contribution in [2.24, 2.45) is 0 Å². The van der Waals surface area contributed by atoms with Crippen LogP contribution in [-0.4, -0.2) is 9.85 Å². The number of benzene rings is 2. The molecule has 2 aromatic carbocycles. The Morgan fingerprint density at radius 1 is 0.630 bits per heavy atom. The van der Waals surface area contributed by atoms with Crippen LogP contribution >= 0.6 is 0 Å². The minimum atomic E-state index is -2.21. The highest BCUT2D eigenvalue weighted by Crippen LogP contribution is 2.44. The lowest BCUT2D eigenvalue weighted by molar-refractivity contribution is -0.390. The summed E-state index contributed by atoms with van der Waals surface area (Å²) in [5.41, 5.74) is -5.96. The normalized spacial score (nSPS) is 10.8. The molecule has 0 radical (unpaired) electrons. The van der Waals surface area contributed by atoms with E-state index in [1.165, 1.54) is 0 Å². The second-order valence-electron chi connectivity index (χ2n) is 5.11. The molecule has 7 nitrogen and oxygen atoms in total. The topological polar surface area (TPSA) is 95.5 Å². The first kappa shape index (κ1) is 19.9. The number of nitro groups is 2. The molecular weight excluding hydrogens is 390 g/mol. The molecule has 0 N–H and O–H groups in total. The first-order chi connectivity index (χ1) is 12.4. The molecule has 0 aliphatic carbocycles. The van der Waals surface area contributed by atoms with Gasteiger partial charge in [0.15, 0.2) is 11.6 Å². The fourth-order valence-electron chi connectivity index (χ4n) is 2.10. The Morgan fingerprint density at radius 3 is 1.19 bits per heavy atom. The molecule has 0 bridgehead atoms.